The van der Waals surface area contributed by atoms with Crippen molar-refractivity contribution in [3.8, 4) is 0 Å². The van der Waals surface area contributed by atoms with Gasteiger partial charge >= 0.3 is 5.97 Å². The number of ether oxygens (including phenoxy) is 1. The van der Waals surface area contributed by atoms with Gasteiger partial charge in [0.05, 0.1) is 28.7 Å². The van der Waals surface area contributed by atoms with Crippen LogP contribution in [0.2, 0.25) is 0 Å². The second-order valence-corrected chi connectivity index (χ2v) is 11.7. The maximum atomic E-state index is 13.3. The Balaban J connectivity index is 1.38. The number of aromatic nitrogens is 2. The smallest absolute Gasteiger partial charge is 0.356 e. The topological polar surface area (TPSA) is 128 Å². The molecule has 0 spiro atoms. The summed E-state index contributed by atoms with van der Waals surface area (Å²) in [5, 5.41) is 22.2. The third-order valence-electron chi connectivity index (χ3n) is 6.77. The maximum Gasteiger partial charge on any atom is 0.356 e. The number of thioether (sulfide) groups is 2. The van der Waals surface area contributed by atoms with E-state index < -0.39 is 22.9 Å². The Morgan fingerprint density at radius 3 is 2.78 bits per heavy atom. The molecular weight excluding hydrogens is 504 g/mol. The number of aliphatic hydroxyl groups is 1. The number of nitrogens with zero attached hydrogens (tertiary/aromatic N) is 4. The second kappa shape index (κ2) is 9.56. The predicted octanol–water partition coefficient (Wildman–Crippen LogP) is 3.12. The van der Waals surface area contributed by atoms with Gasteiger partial charge in [0.1, 0.15) is 12.3 Å². The van der Waals surface area contributed by atoms with Crippen LogP contribution in [0.1, 0.15) is 25.1 Å². The molecule has 2 aromatic rings. The van der Waals surface area contributed by atoms with Crippen molar-refractivity contribution in [2.45, 2.75) is 56.5 Å². The number of imidazole rings is 1. The number of β-lactam (4-membered cyclic amide) rings is 1. The molecule has 1 N–H and O–H groups in total. The van der Waals surface area contributed by atoms with E-state index in [9.17, 15) is 24.8 Å². The van der Waals surface area contributed by atoms with Crippen LogP contribution in [0.25, 0.3) is 0 Å². The highest BCUT2D eigenvalue weighted by atomic mass is 32.2. The minimum absolute atomic E-state index is 0.0455. The van der Waals surface area contributed by atoms with Crippen molar-refractivity contribution in [1.82, 2.24) is 14.5 Å². The fourth-order valence-electron chi connectivity index (χ4n) is 5.06. The molecule has 1 unspecified atom stereocenters. The lowest BCUT2D eigenvalue weighted by atomic mass is 9.79. The van der Waals surface area contributed by atoms with Crippen LogP contribution in [-0.2, 0) is 27.5 Å². The molecule has 1 saturated heterocycles. The summed E-state index contributed by atoms with van der Waals surface area (Å²) >= 11 is 3.26. The van der Waals surface area contributed by atoms with Crippen molar-refractivity contribution < 1.29 is 24.4 Å². The lowest BCUT2D eigenvalue weighted by Gasteiger charge is -2.46. The van der Waals surface area contributed by atoms with E-state index in [0.717, 1.165) is 28.1 Å². The zero-order valence-electron chi connectivity index (χ0n) is 20.0. The molecule has 3 aliphatic rings. The first-order valence-corrected chi connectivity index (χ1v) is 13.5. The van der Waals surface area contributed by atoms with Gasteiger partial charge in [-0.2, -0.15) is 0 Å². The number of esters is 1. The van der Waals surface area contributed by atoms with Crippen LogP contribution in [0.3, 0.4) is 0 Å². The van der Waals surface area contributed by atoms with Crippen molar-refractivity contribution in [2.75, 3.05) is 5.75 Å². The van der Waals surface area contributed by atoms with Gasteiger partial charge in [-0.25, -0.2) is 9.78 Å². The number of aliphatic hydroxyl groups excluding tert-OH is 1. The molecular formula is C24H26N4O6S2. The maximum absolute atomic E-state index is 13.3. The molecule has 190 valence electrons. The minimum atomic E-state index is -0.815. The Hall–Kier alpha value is -2.83. The van der Waals surface area contributed by atoms with Gasteiger partial charge in [0.25, 0.3) is 5.69 Å². The van der Waals surface area contributed by atoms with Crippen molar-refractivity contribution in [3.05, 3.63) is 62.4 Å². The highest BCUT2D eigenvalue weighted by Gasteiger charge is 2.60. The molecule has 4 heterocycles. The second-order valence-electron chi connectivity index (χ2n) is 9.33. The van der Waals surface area contributed by atoms with E-state index in [4.69, 9.17) is 4.74 Å². The number of carbonyl (C=O) groups excluding carboxylic acids is 2. The summed E-state index contributed by atoms with van der Waals surface area (Å²) in [4.78, 5) is 43.5. The molecule has 0 saturated carbocycles. The van der Waals surface area contributed by atoms with Gasteiger partial charge < -0.3 is 19.3 Å². The van der Waals surface area contributed by atoms with Crippen molar-refractivity contribution >= 4 is 41.1 Å². The van der Waals surface area contributed by atoms with Crippen molar-refractivity contribution in [3.63, 3.8) is 0 Å². The number of hydrogen-bond donors (Lipinski definition) is 1. The molecule has 1 aromatic heterocycles. The molecule has 0 bridgehead atoms. The van der Waals surface area contributed by atoms with Gasteiger partial charge in [-0.05, 0) is 31.5 Å². The molecule has 10 nitrogen and oxygen atoms in total. The van der Waals surface area contributed by atoms with E-state index in [1.54, 1.807) is 30.4 Å². The molecule has 1 fully saturated rings. The first-order chi connectivity index (χ1) is 17.2. The zero-order chi connectivity index (χ0) is 25.7. The summed E-state index contributed by atoms with van der Waals surface area (Å²) in [5.41, 5.74) is 1.77. The van der Waals surface area contributed by atoms with Gasteiger partial charge in [-0.1, -0.05) is 18.7 Å². The SMILES string of the molecule is Cc1cn2c(n1)SCC(SC1=C(C(=O)OCc3ccc([N+](=O)[O-])cc3)N3C(=O)[C@H]([C@@H](C)O)[C@H]3[C@H]1C)C2. The standard InChI is InChI=1S/C24H26N4O6S2/c1-12-8-26-9-17(11-35-24(26)25-12)36-21-13(2)19-18(14(3)29)22(30)27(19)20(21)23(31)34-10-15-4-6-16(7-5-15)28(32)33/h4-8,13-14,17-19,29H,9-11H2,1-3H3/t13-,14-,17?,18-,19-/m1/s1. The summed E-state index contributed by atoms with van der Waals surface area (Å²) in [7, 11) is 0. The quantitative estimate of drug-likeness (QED) is 0.248. The van der Waals surface area contributed by atoms with Crippen LogP contribution in [-0.4, -0.2) is 59.5 Å². The number of fused-ring (bicyclic) bond motifs is 2. The van der Waals surface area contributed by atoms with E-state index in [1.165, 1.54) is 29.2 Å². The van der Waals surface area contributed by atoms with Crippen molar-refractivity contribution in [1.29, 1.82) is 0 Å². The van der Waals surface area contributed by atoms with E-state index in [2.05, 4.69) is 9.55 Å². The molecule has 1 amide bonds. The molecule has 1 aromatic carbocycles. The van der Waals surface area contributed by atoms with Gasteiger partial charge in [-0.15, -0.1) is 11.8 Å². The van der Waals surface area contributed by atoms with Crippen LogP contribution in [0.4, 0.5) is 5.69 Å². The Kier molecular flexibility index (Phi) is 6.60. The number of amides is 1. The lowest BCUT2D eigenvalue weighted by molar-refractivity contribution is -0.384. The van der Waals surface area contributed by atoms with Gasteiger partial charge in [0.2, 0.25) is 5.91 Å². The predicted molar refractivity (Wildman–Crippen MR) is 134 cm³/mol. The van der Waals surface area contributed by atoms with E-state index in [0.29, 0.717) is 5.56 Å². The lowest BCUT2D eigenvalue weighted by Crippen LogP contribution is -2.63. The van der Waals surface area contributed by atoms with E-state index in [-0.39, 0.29) is 41.1 Å². The Morgan fingerprint density at radius 2 is 2.11 bits per heavy atom. The van der Waals surface area contributed by atoms with E-state index >= 15 is 0 Å². The fourth-order valence-corrected chi connectivity index (χ4v) is 7.72. The van der Waals surface area contributed by atoms with E-state index in [1.807, 2.05) is 20.0 Å². The number of benzene rings is 1. The first kappa shape index (κ1) is 24.8. The first-order valence-electron chi connectivity index (χ1n) is 11.6. The van der Waals surface area contributed by atoms with Crippen LogP contribution < -0.4 is 0 Å². The average Bonchev–Trinajstić information content (AvgIpc) is 3.32. The number of non-ortho nitro benzene ring substituents is 1. The third kappa shape index (κ3) is 4.31. The van der Waals surface area contributed by atoms with Gasteiger partial charge in [0, 0.05) is 46.7 Å². The zero-order valence-corrected chi connectivity index (χ0v) is 21.6. The summed E-state index contributed by atoms with van der Waals surface area (Å²) in [6, 6.07) is 5.51. The number of hydrogen-bond acceptors (Lipinski definition) is 9. The molecule has 12 heteroatoms. The summed E-state index contributed by atoms with van der Waals surface area (Å²) in [6.45, 7) is 6.22. The number of aryl methyl sites for hydroxylation is 1. The molecule has 0 aliphatic carbocycles. The summed E-state index contributed by atoms with van der Waals surface area (Å²) in [5.74, 6) is -0.735. The largest absolute Gasteiger partial charge is 0.456 e. The van der Waals surface area contributed by atoms with Gasteiger partial charge in [0.15, 0.2) is 5.16 Å². The molecule has 5 rings (SSSR count). The van der Waals surface area contributed by atoms with Gasteiger partial charge in [-0.3, -0.25) is 14.9 Å². The molecule has 5 atom stereocenters. The fraction of sp³-hybridized carbons (Fsp3) is 0.458. The highest BCUT2D eigenvalue weighted by Crippen LogP contribution is 2.52. The third-order valence-corrected chi connectivity index (χ3v) is 9.60. The monoisotopic (exact) mass is 530 g/mol. The number of rotatable bonds is 7. The Morgan fingerprint density at radius 1 is 1.39 bits per heavy atom. The van der Waals surface area contributed by atoms with Crippen LogP contribution >= 0.6 is 23.5 Å². The number of nitro benzene ring substituents is 1. The normalized spacial score (nSPS) is 25.8. The Bertz CT molecular complexity index is 1260. The molecule has 3 aliphatic heterocycles. The number of nitro groups is 1. The average molecular weight is 531 g/mol. The highest BCUT2D eigenvalue weighted by molar-refractivity contribution is 8.05. The van der Waals surface area contributed by atoms with Crippen LogP contribution in [0.5, 0.6) is 0 Å². The molecule has 0 radical (unpaired) electrons. The van der Waals surface area contributed by atoms with Crippen molar-refractivity contribution in [2.24, 2.45) is 11.8 Å². The summed E-state index contributed by atoms with van der Waals surface area (Å²) < 4.78 is 7.70. The summed E-state index contributed by atoms with van der Waals surface area (Å²) in [6.07, 6.45) is 1.20. The Labute approximate surface area is 216 Å². The van der Waals surface area contributed by atoms with Crippen LogP contribution in [0.15, 0.2) is 46.2 Å². The molecule has 36 heavy (non-hydrogen) atoms. The number of carbonyl (C=O) groups is 2. The minimum Gasteiger partial charge on any atom is -0.456 e. The van der Waals surface area contributed by atoms with Crippen LogP contribution in [0, 0.1) is 28.9 Å².